The van der Waals surface area contributed by atoms with Gasteiger partial charge in [-0.25, -0.2) is 0 Å². The van der Waals surface area contributed by atoms with Crippen molar-refractivity contribution in [3.63, 3.8) is 0 Å². The van der Waals surface area contributed by atoms with Gasteiger partial charge in [-0.15, -0.1) is 11.8 Å². The van der Waals surface area contributed by atoms with Gasteiger partial charge in [-0.3, -0.25) is 4.79 Å². The molecular weight excluding hydrogens is 425 g/mol. The Hall–Kier alpha value is -1.86. The standard InChI is InChI=1S/C21H22ClF3O3S/c1-4-5-6-18(20(26)27-3)29-19-12-15(9-7-13(19)2)28-17-10-8-14(11-16(17)22)21(23,24)25/h7-12,18H,4-6H2,1-3H3. The predicted octanol–water partition coefficient (Wildman–Crippen LogP) is 7.28. The number of unbranched alkanes of at least 4 members (excludes halogenated alkanes) is 1. The van der Waals surface area contributed by atoms with E-state index in [1.54, 1.807) is 12.1 Å². The van der Waals surface area contributed by atoms with Crippen molar-refractivity contribution in [2.75, 3.05) is 7.11 Å². The Bertz CT molecular complexity index is 856. The molecule has 2 rings (SSSR count). The first-order valence-corrected chi connectivity index (χ1v) is 10.3. The number of esters is 1. The van der Waals surface area contributed by atoms with Crippen LogP contribution in [0.2, 0.25) is 5.02 Å². The molecule has 0 aliphatic rings. The van der Waals surface area contributed by atoms with Crippen molar-refractivity contribution >= 4 is 29.3 Å². The van der Waals surface area contributed by atoms with Crippen LogP contribution in [-0.2, 0) is 15.7 Å². The largest absolute Gasteiger partial charge is 0.468 e. The number of halogens is 4. The summed E-state index contributed by atoms with van der Waals surface area (Å²) in [5.74, 6) is 0.244. The summed E-state index contributed by atoms with van der Waals surface area (Å²) in [7, 11) is 1.36. The molecule has 0 saturated heterocycles. The molecule has 0 heterocycles. The molecule has 29 heavy (non-hydrogen) atoms. The molecule has 0 radical (unpaired) electrons. The van der Waals surface area contributed by atoms with E-state index in [9.17, 15) is 18.0 Å². The Morgan fingerprint density at radius 2 is 1.93 bits per heavy atom. The van der Waals surface area contributed by atoms with E-state index in [4.69, 9.17) is 21.1 Å². The van der Waals surface area contributed by atoms with Gasteiger partial charge in [-0.2, -0.15) is 13.2 Å². The summed E-state index contributed by atoms with van der Waals surface area (Å²) < 4.78 is 49.0. The van der Waals surface area contributed by atoms with Crippen LogP contribution in [0.4, 0.5) is 13.2 Å². The van der Waals surface area contributed by atoms with Crippen LogP contribution < -0.4 is 4.74 Å². The molecule has 0 aromatic heterocycles. The molecule has 0 aliphatic carbocycles. The van der Waals surface area contributed by atoms with E-state index in [-0.39, 0.29) is 22.0 Å². The number of benzene rings is 2. The second-order valence-electron chi connectivity index (χ2n) is 6.44. The Morgan fingerprint density at radius 3 is 2.52 bits per heavy atom. The van der Waals surface area contributed by atoms with Crippen molar-refractivity contribution in [3.05, 3.63) is 52.5 Å². The maximum Gasteiger partial charge on any atom is 0.416 e. The van der Waals surface area contributed by atoms with Gasteiger partial charge in [0.15, 0.2) is 0 Å². The molecule has 8 heteroatoms. The maximum absolute atomic E-state index is 12.8. The fraction of sp³-hybridized carbons (Fsp3) is 0.381. The van der Waals surface area contributed by atoms with Gasteiger partial charge in [0.2, 0.25) is 0 Å². The van der Waals surface area contributed by atoms with Crippen LogP contribution in [0.5, 0.6) is 11.5 Å². The first-order chi connectivity index (χ1) is 13.7. The van der Waals surface area contributed by atoms with Gasteiger partial charge in [0.05, 0.1) is 17.7 Å². The Kier molecular flexibility index (Phi) is 8.28. The van der Waals surface area contributed by atoms with E-state index < -0.39 is 11.7 Å². The highest BCUT2D eigenvalue weighted by Crippen LogP contribution is 2.38. The quantitative estimate of drug-likeness (QED) is 0.315. The highest BCUT2D eigenvalue weighted by Gasteiger charge is 2.31. The van der Waals surface area contributed by atoms with Crippen LogP contribution in [0.3, 0.4) is 0 Å². The average molecular weight is 447 g/mol. The van der Waals surface area contributed by atoms with E-state index in [0.29, 0.717) is 12.2 Å². The van der Waals surface area contributed by atoms with Crippen LogP contribution >= 0.6 is 23.4 Å². The smallest absolute Gasteiger partial charge is 0.416 e. The fourth-order valence-corrected chi connectivity index (χ4v) is 4.00. The van der Waals surface area contributed by atoms with Crippen molar-refractivity contribution in [1.82, 2.24) is 0 Å². The van der Waals surface area contributed by atoms with E-state index in [0.717, 1.165) is 35.4 Å². The lowest BCUT2D eigenvalue weighted by molar-refractivity contribution is -0.140. The summed E-state index contributed by atoms with van der Waals surface area (Å²) >= 11 is 7.35. The molecule has 158 valence electrons. The molecule has 0 bridgehead atoms. The Balaban J connectivity index is 2.23. The van der Waals surface area contributed by atoms with E-state index in [2.05, 4.69) is 0 Å². The number of hydrogen-bond acceptors (Lipinski definition) is 4. The van der Waals surface area contributed by atoms with Crippen molar-refractivity contribution in [1.29, 1.82) is 0 Å². The zero-order valence-electron chi connectivity index (χ0n) is 16.3. The molecule has 0 N–H and O–H groups in total. The molecule has 0 spiro atoms. The Morgan fingerprint density at radius 1 is 1.21 bits per heavy atom. The molecule has 1 unspecified atom stereocenters. The van der Waals surface area contributed by atoms with E-state index in [1.807, 2.05) is 19.9 Å². The van der Waals surface area contributed by atoms with Crippen molar-refractivity contribution in [3.8, 4) is 11.5 Å². The van der Waals surface area contributed by atoms with Crippen LogP contribution in [0.15, 0.2) is 41.3 Å². The number of thioether (sulfide) groups is 1. The van der Waals surface area contributed by atoms with Gasteiger partial charge in [0.25, 0.3) is 0 Å². The van der Waals surface area contributed by atoms with Gasteiger partial charge >= 0.3 is 12.1 Å². The van der Waals surface area contributed by atoms with Crippen LogP contribution in [0.1, 0.15) is 37.3 Å². The van der Waals surface area contributed by atoms with Crippen molar-refractivity contribution in [2.24, 2.45) is 0 Å². The molecule has 2 aromatic carbocycles. The van der Waals surface area contributed by atoms with Crippen LogP contribution in [0, 0.1) is 6.92 Å². The number of aryl methyl sites for hydroxylation is 1. The van der Waals surface area contributed by atoms with Gasteiger partial charge in [0.1, 0.15) is 16.7 Å². The number of methoxy groups -OCH3 is 1. The Labute approximate surface area is 177 Å². The highest BCUT2D eigenvalue weighted by atomic mass is 35.5. The number of ether oxygens (including phenoxy) is 2. The molecule has 0 amide bonds. The summed E-state index contributed by atoms with van der Waals surface area (Å²) in [6.07, 6.45) is -1.94. The SMILES string of the molecule is CCCCC(Sc1cc(Oc2ccc(C(F)(F)F)cc2Cl)ccc1C)C(=O)OC. The zero-order chi connectivity index (χ0) is 21.6. The molecule has 2 aromatic rings. The minimum Gasteiger partial charge on any atom is -0.468 e. The molecule has 3 nitrogen and oxygen atoms in total. The zero-order valence-corrected chi connectivity index (χ0v) is 17.9. The topological polar surface area (TPSA) is 35.5 Å². The third-order valence-corrected chi connectivity index (χ3v) is 5.90. The lowest BCUT2D eigenvalue weighted by atomic mass is 10.2. The third kappa shape index (κ3) is 6.57. The maximum atomic E-state index is 12.8. The number of alkyl halides is 3. The third-order valence-electron chi connectivity index (χ3n) is 4.20. The lowest BCUT2D eigenvalue weighted by Crippen LogP contribution is -2.18. The van der Waals surface area contributed by atoms with Crippen molar-refractivity contribution in [2.45, 2.75) is 49.4 Å². The van der Waals surface area contributed by atoms with Gasteiger partial charge in [0, 0.05) is 4.90 Å². The summed E-state index contributed by atoms with van der Waals surface area (Å²) in [6.45, 7) is 3.96. The minimum atomic E-state index is -4.47. The first-order valence-electron chi connectivity index (χ1n) is 9.05. The molecule has 0 fully saturated rings. The predicted molar refractivity (Wildman–Crippen MR) is 109 cm³/mol. The summed E-state index contributed by atoms with van der Waals surface area (Å²) in [5.41, 5.74) is 0.109. The molecular formula is C21H22ClF3O3S. The van der Waals surface area contributed by atoms with E-state index in [1.165, 1.54) is 24.9 Å². The van der Waals surface area contributed by atoms with Gasteiger partial charge in [-0.1, -0.05) is 37.4 Å². The average Bonchev–Trinajstić information content (AvgIpc) is 2.67. The number of rotatable bonds is 8. The van der Waals surface area contributed by atoms with Gasteiger partial charge in [-0.05, 0) is 49.2 Å². The number of carbonyl (C=O) groups excluding carboxylic acids is 1. The normalized spacial score (nSPS) is 12.5. The summed E-state index contributed by atoms with van der Waals surface area (Å²) in [4.78, 5) is 12.9. The minimum absolute atomic E-state index is 0.120. The summed E-state index contributed by atoms with van der Waals surface area (Å²) in [6, 6.07) is 8.21. The fourth-order valence-electron chi connectivity index (χ4n) is 2.56. The van der Waals surface area contributed by atoms with Crippen LogP contribution in [0.25, 0.3) is 0 Å². The number of hydrogen-bond donors (Lipinski definition) is 0. The lowest BCUT2D eigenvalue weighted by Gasteiger charge is -2.17. The molecule has 0 aliphatic heterocycles. The van der Waals surface area contributed by atoms with Crippen LogP contribution in [-0.4, -0.2) is 18.3 Å². The molecule has 0 saturated carbocycles. The monoisotopic (exact) mass is 446 g/mol. The highest BCUT2D eigenvalue weighted by molar-refractivity contribution is 8.00. The second-order valence-corrected chi connectivity index (χ2v) is 8.10. The first kappa shape index (κ1) is 23.4. The van der Waals surface area contributed by atoms with E-state index >= 15 is 0 Å². The second kappa shape index (κ2) is 10.3. The summed E-state index contributed by atoms with van der Waals surface area (Å²) in [5, 5.41) is -0.478. The van der Waals surface area contributed by atoms with Crippen molar-refractivity contribution < 1.29 is 27.4 Å². The number of carbonyl (C=O) groups is 1. The molecule has 1 atom stereocenters. The van der Waals surface area contributed by atoms with Gasteiger partial charge < -0.3 is 9.47 Å².